The summed E-state index contributed by atoms with van der Waals surface area (Å²) >= 11 is 5.86. The number of para-hydroxylation sites is 1. The van der Waals surface area contributed by atoms with E-state index in [2.05, 4.69) is 27.2 Å². The number of hydrogen-bond acceptors (Lipinski definition) is 8. The monoisotopic (exact) mass is 398 g/mol. The van der Waals surface area contributed by atoms with Crippen molar-refractivity contribution in [2.45, 2.75) is 20.0 Å². The van der Waals surface area contributed by atoms with Gasteiger partial charge in [0, 0.05) is 5.69 Å². The number of anilines is 4. The van der Waals surface area contributed by atoms with Crippen molar-refractivity contribution in [3.05, 3.63) is 64.4 Å². The highest BCUT2D eigenvalue weighted by molar-refractivity contribution is 6.33. The number of benzene rings is 2. The molecule has 0 bridgehead atoms. The van der Waals surface area contributed by atoms with E-state index in [9.17, 15) is 4.79 Å². The molecule has 1 heterocycles. The van der Waals surface area contributed by atoms with E-state index in [0.29, 0.717) is 10.7 Å². The molecule has 0 radical (unpaired) electrons. The average Bonchev–Trinajstić information content (AvgIpc) is 2.68. The Kier molecular flexibility index (Phi) is 5.90. The minimum Gasteiger partial charge on any atom is -0.454 e. The molecular weight excluding hydrogens is 380 g/mol. The van der Waals surface area contributed by atoms with Gasteiger partial charge in [0.1, 0.15) is 0 Å². The minimum absolute atomic E-state index is 0.0215. The average molecular weight is 399 g/mol. The second-order valence-corrected chi connectivity index (χ2v) is 6.29. The second kappa shape index (κ2) is 8.53. The zero-order valence-corrected chi connectivity index (χ0v) is 15.9. The summed E-state index contributed by atoms with van der Waals surface area (Å²) < 4.78 is 5.24. The molecule has 0 aliphatic rings. The first-order valence-corrected chi connectivity index (χ1v) is 8.91. The van der Waals surface area contributed by atoms with Gasteiger partial charge >= 0.3 is 5.97 Å². The lowest BCUT2D eigenvalue weighted by Crippen LogP contribution is -2.11. The van der Waals surface area contributed by atoms with E-state index in [0.717, 1.165) is 17.7 Å². The third kappa shape index (κ3) is 4.66. The lowest BCUT2D eigenvalue weighted by atomic mass is 10.1. The van der Waals surface area contributed by atoms with Crippen molar-refractivity contribution in [2.24, 2.45) is 0 Å². The fourth-order valence-corrected chi connectivity index (χ4v) is 2.63. The molecule has 0 spiro atoms. The van der Waals surface area contributed by atoms with E-state index in [4.69, 9.17) is 27.8 Å². The molecule has 3 rings (SSSR count). The topological polar surface area (TPSA) is 129 Å². The second-order valence-electron chi connectivity index (χ2n) is 5.88. The molecule has 0 unspecified atom stereocenters. The molecule has 0 saturated heterocycles. The van der Waals surface area contributed by atoms with Gasteiger partial charge in [0.25, 0.3) is 0 Å². The van der Waals surface area contributed by atoms with Crippen molar-refractivity contribution in [2.75, 3.05) is 16.8 Å². The van der Waals surface area contributed by atoms with Crippen molar-refractivity contribution < 1.29 is 9.53 Å². The number of hydrogen-bond donors (Lipinski definition) is 3. The van der Waals surface area contributed by atoms with Gasteiger partial charge in [-0.05, 0) is 36.2 Å². The van der Waals surface area contributed by atoms with Crippen LogP contribution < -0.4 is 16.8 Å². The third-order valence-electron chi connectivity index (χ3n) is 3.91. The van der Waals surface area contributed by atoms with Gasteiger partial charge in [-0.15, -0.1) is 0 Å². The highest BCUT2D eigenvalue weighted by atomic mass is 35.5. The van der Waals surface area contributed by atoms with Crippen LogP contribution in [-0.2, 0) is 17.8 Å². The molecule has 1 aromatic heterocycles. The summed E-state index contributed by atoms with van der Waals surface area (Å²) in [5, 5.41) is 3.49. The summed E-state index contributed by atoms with van der Waals surface area (Å²) in [6.07, 6.45) is 0.846. The van der Waals surface area contributed by atoms with Crippen LogP contribution in [0, 0.1) is 0 Å². The third-order valence-corrected chi connectivity index (χ3v) is 4.25. The van der Waals surface area contributed by atoms with E-state index >= 15 is 0 Å². The Balaban J connectivity index is 1.72. The number of ether oxygens (including phenoxy) is 1. The zero-order valence-electron chi connectivity index (χ0n) is 15.1. The quantitative estimate of drug-likeness (QED) is 0.425. The summed E-state index contributed by atoms with van der Waals surface area (Å²) in [6, 6.07) is 12.3. The maximum absolute atomic E-state index is 12.2. The summed E-state index contributed by atoms with van der Waals surface area (Å²) in [6.45, 7) is 1.88. The van der Waals surface area contributed by atoms with Gasteiger partial charge in [-0.1, -0.05) is 36.7 Å². The Labute approximate surface area is 166 Å². The Morgan fingerprint density at radius 1 is 1.14 bits per heavy atom. The van der Waals surface area contributed by atoms with Gasteiger partial charge in [-0.3, -0.25) is 0 Å². The summed E-state index contributed by atoms with van der Waals surface area (Å²) in [7, 11) is 0. The number of nitrogen functional groups attached to an aromatic ring is 2. The van der Waals surface area contributed by atoms with Gasteiger partial charge in [-0.2, -0.15) is 15.0 Å². The van der Waals surface area contributed by atoms with Crippen molar-refractivity contribution in [1.29, 1.82) is 0 Å². The van der Waals surface area contributed by atoms with E-state index < -0.39 is 5.97 Å². The molecule has 144 valence electrons. The van der Waals surface area contributed by atoms with Crippen LogP contribution >= 0.6 is 11.6 Å². The Hall–Kier alpha value is -3.39. The van der Waals surface area contributed by atoms with E-state index in [1.807, 2.05) is 24.3 Å². The Morgan fingerprint density at radius 2 is 1.93 bits per heavy atom. The van der Waals surface area contributed by atoms with Gasteiger partial charge in [0.15, 0.2) is 12.4 Å². The van der Waals surface area contributed by atoms with Crippen LogP contribution in [0.3, 0.4) is 0 Å². The maximum Gasteiger partial charge on any atom is 0.338 e. The zero-order chi connectivity index (χ0) is 20.1. The number of halogens is 1. The predicted octanol–water partition coefficient (Wildman–Crippen LogP) is 3.35. The molecule has 5 N–H and O–H groups in total. The minimum atomic E-state index is -0.576. The molecular formula is C19H19ClN6O2. The number of aromatic nitrogens is 3. The molecule has 3 aromatic rings. The first kappa shape index (κ1) is 19.4. The maximum atomic E-state index is 12.2. The molecule has 8 nitrogen and oxygen atoms in total. The van der Waals surface area contributed by atoms with Crippen LogP contribution in [0.4, 0.5) is 23.3 Å². The van der Waals surface area contributed by atoms with Crippen LogP contribution in [0.2, 0.25) is 5.02 Å². The van der Waals surface area contributed by atoms with Gasteiger partial charge in [0.2, 0.25) is 11.9 Å². The number of rotatable bonds is 6. The van der Waals surface area contributed by atoms with Crippen LogP contribution in [-0.4, -0.2) is 20.9 Å². The smallest absolute Gasteiger partial charge is 0.338 e. The van der Waals surface area contributed by atoms with Crippen molar-refractivity contribution in [1.82, 2.24) is 15.0 Å². The fraction of sp³-hybridized carbons (Fsp3) is 0.158. The Bertz CT molecular complexity index is 1010. The molecule has 0 atom stereocenters. The molecule has 0 saturated carbocycles. The number of nitrogens with two attached hydrogens (primary N) is 2. The number of carbonyl (C=O) groups is 1. The molecule has 2 aromatic carbocycles. The number of nitrogens with one attached hydrogen (secondary N) is 1. The highest BCUT2D eigenvalue weighted by Crippen LogP contribution is 2.21. The van der Waals surface area contributed by atoms with Crippen LogP contribution in [0.25, 0.3) is 0 Å². The number of aryl methyl sites for hydroxylation is 1. The standard InChI is InChI=1S/C19H19ClN6O2/c1-2-11-5-3-4-6-15(11)23-19-25-16(24-18(22)26-19)10-28-17(27)12-7-8-13(20)14(21)9-12/h3-9H,2,10,21H2,1H3,(H3,22,23,24,25,26). The molecule has 9 heteroatoms. The summed E-state index contributed by atoms with van der Waals surface area (Å²) in [4.78, 5) is 24.5. The van der Waals surface area contributed by atoms with E-state index in [1.54, 1.807) is 0 Å². The highest BCUT2D eigenvalue weighted by Gasteiger charge is 2.12. The van der Waals surface area contributed by atoms with Crippen LogP contribution in [0.15, 0.2) is 42.5 Å². The van der Waals surface area contributed by atoms with Crippen molar-refractivity contribution in [3.8, 4) is 0 Å². The van der Waals surface area contributed by atoms with E-state index in [1.165, 1.54) is 18.2 Å². The van der Waals surface area contributed by atoms with Gasteiger partial charge < -0.3 is 21.5 Å². The molecule has 0 aliphatic carbocycles. The summed E-state index contributed by atoms with van der Waals surface area (Å²) in [5.41, 5.74) is 14.0. The van der Waals surface area contributed by atoms with Gasteiger partial charge in [-0.25, -0.2) is 4.79 Å². The van der Waals surface area contributed by atoms with Gasteiger partial charge in [0.05, 0.1) is 16.3 Å². The molecule has 28 heavy (non-hydrogen) atoms. The number of esters is 1. The molecule has 0 aliphatic heterocycles. The first-order valence-electron chi connectivity index (χ1n) is 8.53. The predicted molar refractivity (Wildman–Crippen MR) is 108 cm³/mol. The van der Waals surface area contributed by atoms with Crippen molar-refractivity contribution in [3.63, 3.8) is 0 Å². The largest absolute Gasteiger partial charge is 0.454 e. The number of carbonyl (C=O) groups excluding carboxylic acids is 1. The first-order chi connectivity index (χ1) is 13.5. The summed E-state index contributed by atoms with van der Waals surface area (Å²) in [5.74, 6) is -0.0593. The normalized spacial score (nSPS) is 10.5. The van der Waals surface area contributed by atoms with Crippen LogP contribution in [0.1, 0.15) is 28.7 Å². The lowest BCUT2D eigenvalue weighted by Gasteiger charge is -2.11. The molecule has 0 fully saturated rings. The SMILES string of the molecule is CCc1ccccc1Nc1nc(N)nc(COC(=O)c2ccc(Cl)c(N)c2)n1. The van der Waals surface area contributed by atoms with E-state index in [-0.39, 0.29) is 29.9 Å². The van der Waals surface area contributed by atoms with Crippen molar-refractivity contribution >= 4 is 40.8 Å². The lowest BCUT2D eigenvalue weighted by molar-refractivity contribution is 0.0462. The van der Waals surface area contributed by atoms with Crippen LogP contribution in [0.5, 0.6) is 0 Å². The fourth-order valence-electron chi connectivity index (χ4n) is 2.51. The Morgan fingerprint density at radius 3 is 2.68 bits per heavy atom. The number of nitrogens with zero attached hydrogens (tertiary/aromatic N) is 3. The molecule has 0 amide bonds.